The molecule has 0 unspecified atom stereocenters. The van der Waals surface area contributed by atoms with Gasteiger partial charge in [-0.2, -0.15) is 5.10 Å². The molecular weight excluding hydrogens is 493 g/mol. The maximum atomic E-state index is 13.0. The summed E-state index contributed by atoms with van der Waals surface area (Å²) in [5, 5.41) is 6.29. The van der Waals surface area contributed by atoms with Gasteiger partial charge < -0.3 is 19.5 Å². The van der Waals surface area contributed by atoms with Crippen molar-refractivity contribution in [1.29, 1.82) is 0 Å². The lowest BCUT2D eigenvalue weighted by molar-refractivity contribution is -0.120. The van der Waals surface area contributed by atoms with Crippen molar-refractivity contribution in [2.75, 3.05) is 19.8 Å². The van der Waals surface area contributed by atoms with E-state index in [1.807, 2.05) is 6.92 Å². The molecule has 0 bridgehead atoms. The van der Waals surface area contributed by atoms with Crippen LogP contribution in [0.15, 0.2) is 71.8 Å². The van der Waals surface area contributed by atoms with Gasteiger partial charge in [0.25, 0.3) is 11.8 Å². The number of hydrazone groups is 1. The molecule has 9 nitrogen and oxygen atoms in total. The predicted molar refractivity (Wildman–Crippen MR) is 139 cm³/mol. The highest BCUT2D eigenvalue weighted by atomic mass is 19.1. The van der Waals surface area contributed by atoms with E-state index in [-0.39, 0.29) is 17.9 Å². The van der Waals surface area contributed by atoms with Crippen LogP contribution < -0.4 is 25.0 Å². The Bertz CT molecular complexity index is 1280. The van der Waals surface area contributed by atoms with Crippen molar-refractivity contribution in [3.8, 4) is 17.2 Å². The Balaban J connectivity index is 1.55. The molecule has 0 fully saturated rings. The first kappa shape index (κ1) is 27.9. The van der Waals surface area contributed by atoms with Crippen molar-refractivity contribution in [2.45, 2.75) is 20.3 Å². The first-order chi connectivity index (χ1) is 18.4. The van der Waals surface area contributed by atoms with E-state index in [0.717, 1.165) is 18.6 Å². The first-order valence-electron chi connectivity index (χ1n) is 12.0. The molecule has 10 heteroatoms. The van der Waals surface area contributed by atoms with Crippen molar-refractivity contribution in [3.63, 3.8) is 0 Å². The highest BCUT2D eigenvalue weighted by Gasteiger charge is 2.14. The second-order valence-corrected chi connectivity index (χ2v) is 7.88. The van der Waals surface area contributed by atoms with Gasteiger partial charge in [0.15, 0.2) is 11.5 Å². The number of amides is 2. The molecule has 0 atom stereocenters. The smallest absolute Gasteiger partial charge is 0.343 e. The zero-order valence-electron chi connectivity index (χ0n) is 21.0. The fraction of sp³-hybridized carbons (Fsp3) is 0.214. The molecule has 0 aliphatic carbocycles. The zero-order chi connectivity index (χ0) is 27.3. The Kier molecular flexibility index (Phi) is 10.3. The van der Waals surface area contributed by atoms with Crippen LogP contribution in [0.3, 0.4) is 0 Å². The second kappa shape index (κ2) is 14.1. The van der Waals surface area contributed by atoms with Gasteiger partial charge in [0.2, 0.25) is 0 Å². The van der Waals surface area contributed by atoms with Gasteiger partial charge in [-0.1, -0.05) is 6.92 Å². The molecule has 0 saturated heterocycles. The van der Waals surface area contributed by atoms with E-state index in [4.69, 9.17) is 14.2 Å². The quantitative estimate of drug-likeness (QED) is 0.160. The minimum atomic E-state index is -0.557. The average Bonchev–Trinajstić information content (AvgIpc) is 2.92. The number of esters is 1. The summed E-state index contributed by atoms with van der Waals surface area (Å²) in [6.07, 6.45) is 2.26. The number of hydrogen-bond acceptors (Lipinski definition) is 7. The molecule has 0 aliphatic rings. The van der Waals surface area contributed by atoms with Gasteiger partial charge in [0.1, 0.15) is 11.6 Å². The summed E-state index contributed by atoms with van der Waals surface area (Å²) in [5.41, 5.74) is 3.46. The molecule has 0 heterocycles. The monoisotopic (exact) mass is 521 g/mol. The number of halogens is 1. The van der Waals surface area contributed by atoms with Crippen molar-refractivity contribution >= 4 is 24.0 Å². The van der Waals surface area contributed by atoms with E-state index in [0.29, 0.717) is 35.8 Å². The van der Waals surface area contributed by atoms with Gasteiger partial charge in [-0.3, -0.25) is 9.59 Å². The molecule has 3 rings (SSSR count). The van der Waals surface area contributed by atoms with E-state index in [9.17, 15) is 18.8 Å². The molecule has 0 radical (unpaired) electrons. The highest BCUT2D eigenvalue weighted by molar-refractivity contribution is 5.96. The Hall–Kier alpha value is -4.73. The molecular formula is C28H28FN3O6. The van der Waals surface area contributed by atoms with Gasteiger partial charge in [0.05, 0.1) is 31.5 Å². The topological polar surface area (TPSA) is 115 Å². The van der Waals surface area contributed by atoms with Crippen molar-refractivity contribution in [1.82, 2.24) is 10.7 Å². The van der Waals surface area contributed by atoms with Crippen LogP contribution in [-0.4, -0.2) is 43.8 Å². The number of benzene rings is 3. The molecule has 0 aromatic heterocycles. The van der Waals surface area contributed by atoms with E-state index in [2.05, 4.69) is 15.8 Å². The Morgan fingerprint density at radius 3 is 2.29 bits per heavy atom. The van der Waals surface area contributed by atoms with Crippen LogP contribution in [0.4, 0.5) is 4.39 Å². The lowest BCUT2D eigenvalue weighted by atomic mass is 10.2. The molecule has 3 aromatic rings. The minimum absolute atomic E-state index is 0.227. The van der Waals surface area contributed by atoms with E-state index >= 15 is 0 Å². The Labute approximate surface area is 219 Å². The SMILES string of the molecule is CCCOc1ccc(C(=O)Oc2ccc(/C=N\NC(=O)CNC(=O)c3ccc(F)cc3)cc2OCC)cc1. The standard InChI is InChI=1S/C28H28FN3O6/c1-3-15-37-23-12-8-21(9-13-23)28(35)38-24-14-5-19(16-25(24)36-4-2)17-31-32-26(33)18-30-27(34)20-6-10-22(29)11-7-20/h5-14,16-17H,3-4,15,18H2,1-2H3,(H,30,34)(H,32,33)/b31-17-. The second-order valence-electron chi connectivity index (χ2n) is 7.88. The fourth-order valence-electron chi connectivity index (χ4n) is 3.11. The molecule has 2 N–H and O–H groups in total. The highest BCUT2D eigenvalue weighted by Crippen LogP contribution is 2.29. The number of nitrogens with one attached hydrogen (secondary N) is 2. The molecule has 38 heavy (non-hydrogen) atoms. The van der Waals surface area contributed by atoms with Crippen LogP contribution in [0.2, 0.25) is 0 Å². The summed E-state index contributed by atoms with van der Waals surface area (Å²) in [7, 11) is 0. The van der Waals surface area contributed by atoms with E-state index in [1.165, 1.54) is 18.3 Å². The van der Waals surface area contributed by atoms with Crippen LogP contribution in [-0.2, 0) is 4.79 Å². The van der Waals surface area contributed by atoms with Gasteiger partial charge in [-0.15, -0.1) is 0 Å². The van der Waals surface area contributed by atoms with Crippen LogP contribution >= 0.6 is 0 Å². The molecule has 0 saturated carbocycles. The van der Waals surface area contributed by atoms with E-state index < -0.39 is 23.6 Å². The molecule has 3 aromatic carbocycles. The number of ether oxygens (including phenoxy) is 3. The summed E-state index contributed by atoms with van der Waals surface area (Å²) in [6.45, 7) is 4.41. The Morgan fingerprint density at radius 1 is 0.895 bits per heavy atom. The minimum Gasteiger partial charge on any atom is -0.494 e. The van der Waals surface area contributed by atoms with Crippen molar-refractivity contribution in [2.24, 2.45) is 5.10 Å². The third kappa shape index (κ3) is 8.44. The summed E-state index contributed by atoms with van der Waals surface area (Å²) < 4.78 is 29.6. The zero-order valence-corrected chi connectivity index (χ0v) is 21.0. The lowest BCUT2D eigenvalue weighted by Crippen LogP contribution is -2.34. The molecule has 198 valence electrons. The lowest BCUT2D eigenvalue weighted by Gasteiger charge is -2.12. The first-order valence-corrected chi connectivity index (χ1v) is 12.0. The summed E-state index contributed by atoms with van der Waals surface area (Å²) >= 11 is 0. The van der Waals surface area contributed by atoms with Crippen LogP contribution in [0, 0.1) is 5.82 Å². The van der Waals surface area contributed by atoms with Crippen LogP contribution in [0.25, 0.3) is 0 Å². The predicted octanol–water partition coefficient (Wildman–Crippen LogP) is 4.11. The number of hydrogen-bond donors (Lipinski definition) is 2. The van der Waals surface area contributed by atoms with Gasteiger partial charge in [-0.25, -0.2) is 14.6 Å². The molecule has 0 aliphatic heterocycles. The molecule has 0 spiro atoms. The Morgan fingerprint density at radius 2 is 1.61 bits per heavy atom. The summed E-state index contributed by atoms with van der Waals surface area (Å²) in [6, 6.07) is 16.4. The summed E-state index contributed by atoms with van der Waals surface area (Å²) in [5.74, 6) is -0.864. The van der Waals surface area contributed by atoms with Crippen molar-refractivity contribution in [3.05, 3.63) is 89.2 Å². The van der Waals surface area contributed by atoms with Crippen LogP contribution in [0.1, 0.15) is 46.5 Å². The van der Waals surface area contributed by atoms with Crippen LogP contribution in [0.5, 0.6) is 17.2 Å². The van der Waals surface area contributed by atoms with Gasteiger partial charge in [0, 0.05) is 5.56 Å². The average molecular weight is 522 g/mol. The number of carbonyl (C=O) groups is 3. The van der Waals surface area contributed by atoms with E-state index in [1.54, 1.807) is 49.4 Å². The van der Waals surface area contributed by atoms with Gasteiger partial charge in [-0.05, 0) is 85.6 Å². The third-order valence-corrected chi connectivity index (χ3v) is 4.95. The fourth-order valence-corrected chi connectivity index (χ4v) is 3.11. The van der Waals surface area contributed by atoms with Gasteiger partial charge >= 0.3 is 5.97 Å². The number of nitrogens with zero attached hydrogens (tertiary/aromatic N) is 1. The molecule has 2 amide bonds. The third-order valence-electron chi connectivity index (χ3n) is 4.95. The largest absolute Gasteiger partial charge is 0.494 e. The maximum Gasteiger partial charge on any atom is 0.343 e. The maximum absolute atomic E-state index is 13.0. The summed E-state index contributed by atoms with van der Waals surface area (Å²) in [4.78, 5) is 36.6. The number of rotatable bonds is 12. The number of carbonyl (C=O) groups excluding carboxylic acids is 3. The normalized spacial score (nSPS) is 10.6. The van der Waals surface area contributed by atoms with Crippen molar-refractivity contribution < 1.29 is 33.0 Å².